The molecule has 0 amide bonds. The molecule has 2 unspecified atom stereocenters. The molecule has 5 nitrogen and oxygen atoms in total. The first kappa shape index (κ1) is 16.7. The molecule has 0 radical (unpaired) electrons. The number of cyclic esters (lactones) is 1. The van der Waals surface area contributed by atoms with Crippen molar-refractivity contribution in [3.8, 4) is 0 Å². The van der Waals surface area contributed by atoms with Crippen molar-refractivity contribution in [2.45, 2.75) is 64.9 Å². The molecule has 1 aliphatic rings. The van der Waals surface area contributed by atoms with Crippen molar-refractivity contribution >= 4 is 17.7 Å². The van der Waals surface area contributed by atoms with Crippen molar-refractivity contribution in [1.29, 1.82) is 0 Å². The first-order valence-corrected chi connectivity index (χ1v) is 7.25. The van der Waals surface area contributed by atoms with Gasteiger partial charge in [-0.15, -0.1) is 0 Å². The van der Waals surface area contributed by atoms with Crippen LogP contribution in [0.15, 0.2) is 0 Å². The second-order valence-electron chi connectivity index (χ2n) is 5.44. The van der Waals surface area contributed by atoms with Crippen LogP contribution in [-0.2, 0) is 23.9 Å². The Kier molecular flexibility index (Phi) is 6.17. The third-order valence-corrected chi connectivity index (χ3v) is 4.03. The number of ether oxygens (including phenoxy) is 2. The molecule has 1 heterocycles. The van der Waals surface area contributed by atoms with Crippen LogP contribution in [0.4, 0.5) is 0 Å². The third kappa shape index (κ3) is 3.81. The highest BCUT2D eigenvalue weighted by Crippen LogP contribution is 2.41. The van der Waals surface area contributed by atoms with Crippen LogP contribution in [0.3, 0.4) is 0 Å². The first-order chi connectivity index (χ1) is 9.46. The smallest absolute Gasteiger partial charge is 0.320 e. The Balaban J connectivity index is 2.67. The minimum Gasteiger partial charge on any atom is -0.469 e. The maximum absolute atomic E-state index is 12.1. The van der Waals surface area contributed by atoms with E-state index in [9.17, 15) is 14.4 Å². The maximum Gasteiger partial charge on any atom is 0.320 e. The van der Waals surface area contributed by atoms with E-state index < -0.39 is 17.4 Å². The van der Waals surface area contributed by atoms with Gasteiger partial charge in [-0.05, 0) is 26.2 Å². The van der Waals surface area contributed by atoms with Gasteiger partial charge in [0.15, 0.2) is 0 Å². The van der Waals surface area contributed by atoms with Crippen molar-refractivity contribution < 1.29 is 23.9 Å². The Morgan fingerprint density at radius 3 is 2.65 bits per heavy atom. The second kappa shape index (κ2) is 7.41. The molecule has 0 saturated carbocycles. The van der Waals surface area contributed by atoms with Gasteiger partial charge in [-0.25, -0.2) is 0 Å². The molecule has 5 heteroatoms. The highest BCUT2D eigenvalue weighted by atomic mass is 16.6. The van der Waals surface area contributed by atoms with Crippen LogP contribution in [0.25, 0.3) is 0 Å². The molecule has 1 saturated heterocycles. The second-order valence-corrected chi connectivity index (χ2v) is 5.44. The van der Waals surface area contributed by atoms with Crippen LogP contribution < -0.4 is 0 Å². The fourth-order valence-corrected chi connectivity index (χ4v) is 2.65. The van der Waals surface area contributed by atoms with Crippen LogP contribution in [0, 0.1) is 5.41 Å². The molecule has 0 aromatic heterocycles. The lowest BCUT2D eigenvalue weighted by atomic mass is 9.76. The summed E-state index contributed by atoms with van der Waals surface area (Å²) in [5.41, 5.74) is -1.15. The summed E-state index contributed by atoms with van der Waals surface area (Å²) in [4.78, 5) is 35.2. The molecule has 0 aliphatic carbocycles. The Morgan fingerprint density at radius 1 is 1.40 bits per heavy atom. The molecule has 0 aromatic carbocycles. The quantitative estimate of drug-likeness (QED) is 0.389. The first-order valence-electron chi connectivity index (χ1n) is 7.25. The Bertz CT molecular complexity index is 376. The minimum absolute atomic E-state index is 0.0624. The van der Waals surface area contributed by atoms with Crippen molar-refractivity contribution in [3.63, 3.8) is 0 Å². The topological polar surface area (TPSA) is 69.7 Å². The van der Waals surface area contributed by atoms with Gasteiger partial charge in [-0.3, -0.25) is 14.4 Å². The summed E-state index contributed by atoms with van der Waals surface area (Å²) in [5.74, 6) is -1.10. The highest BCUT2D eigenvalue weighted by Gasteiger charge is 2.52. The van der Waals surface area contributed by atoms with Gasteiger partial charge >= 0.3 is 11.9 Å². The number of esters is 2. The molecule has 0 spiro atoms. The predicted octanol–water partition coefficient (Wildman–Crippen LogP) is 2.41. The lowest BCUT2D eigenvalue weighted by molar-refractivity contribution is -0.153. The monoisotopic (exact) mass is 284 g/mol. The molecule has 1 aliphatic heterocycles. The fraction of sp³-hybridized carbons (Fsp3) is 0.800. The van der Waals surface area contributed by atoms with Gasteiger partial charge in [-0.2, -0.15) is 0 Å². The average Bonchev–Trinajstić information content (AvgIpc) is 2.74. The van der Waals surface area contributed by atoms with Gasteiger partial charge in [0.1, 0.15) is 17.3 Å². The summed E-state index contributed by atoms with van der Waals surface area (Å²) in [5, 5.41) is 0. The zero-order valence-corrected chi connectivity index (χ0v) is 12.6. The lowest BCUT2D eigenvalue weighted by Gasteiger charge is -2.20. The van der Waals surface area contributed by atoms with E-state index in [0.717, 1.165) is 25.7 Å². The van der Waals surface area contributed by atoms with Gasteiger partial charge < -0.3 is 9.47 Å². The average molecular weight is 284 g/mol. The molecular formula is C15H24O5. The minimum atomic E-state index is -1.15. The molecule has 0 aromatic rings. The Morgan fingerprint density at radius 2 is 2.10 bits per heavy atom. The van der Waals surface area contributed by atoms with Crippen molar-refractivity contribution in [2.75, 3.05) is 7.11 Å². The largest absolute Gasteiger partial charge is 0.469 e. The standard InChI is InChI=1S/C15H24O5/c1-4-5-6-7-12-10-15(11(2)16,14(18)20-12)9-8-13(17)19-3/h12H,4-10H2,1-3H3. The summed E-state index contributed by atoms with van der Waals surface area (Å²) in [7, 11) is 1.29. The maximum atomic E-state index is 12.1. The van der Waals surface area contributed by atoms with Gasteiger partial charge in [0.25, 0.3) is 0 Å². The van der Waals surface area contributed by atoms with E-state index in [0.29, 0.717) is 6.42 Å². The molecule has 114 valence electrons. The van der Waals surface area contributed by atoms with Crippen molar-refractivity contribution in [3.05, 3.63) is 0 Å². The summed E-state index contributed by atoms with van der Waals surface area (Å²) in [6.45, 7) is 3.50. The van der Waals surface area contributed by atoms with Crippen LogP contribution >= 0.6 is 0 Å². The molecule has 2 atom stereocenters. The number of hydrogen-bond donors (Lipinski definition) is 0. The van der Waals surface area contributed by atoms with Crippen LogP contribution in [0.2, 0.25) is 0 Å². The van der Waals surface area contributed by atoms with E-state index >= 15 is 0 Å². The zero-order chi connectivity index (χ0) is 15.2. The number of methoxy groups -OCH3 is 1. The third-order valence-electron chi connectivity index (χ3n) is 4.03. The number of carbonyl (C=O) groups is 3. The molecule has 0 N–H and O–H groups in total. The number of Topliss-reactive ketones (excluding diaryl/α,β-unsaturated/α-hetero) is 1. The van der Waals surface area contributed by atoms with E-state index in [1.54, 1.807) is 0 Å². The number of unbranched alkanes of at least 4 members (excludes halogenated alkanes) is 2. The summed E-state index contributed by atoms with van der Waals surface area (Å²) in [6, 6.07) is 0. The van der Waals surface area contributed by atoms with Gasteiger partial charge in [0.05, 0.1) is 7.11 Å². The van der Waals surface area contributed by atoms with Crippen LogP contribution in [0.5, 0.6) is 0 Å². The summed E-state index contributed by atoms with van der Waals surface area (Å²) in [6.07, 6.45) is 4.39. The van der Waals surface area contributed by atoms with Gasteiger partial charge in [-0.1, -0.05) is 19.8 Å². The zero-order valence-electron chi connectivity index (χ0n) is 12.6. The SMILES string of the molecule is CCCCCC1CC(CCC(=O)OC)(C(C)=O)C(=O)O1. The molecule has 1 rings (SSSR count). The van der Waals surface area contributed by atoms with E-state index in [1.807, 2.05) is 0 Å². The molecule has 20 heavy (non-hydrogen) atoms. The van der Waals surface area contributed by atoms with Gasteiger partial charge in [0.2, 0.25) is 0 Å². The summed E-state index contributed by atoms with van der Waals surface area (Å²) >= 11 is 0. The number of ketones is 1. The lowest BCUT2D eigenvalue weighted by Crippen LogP contribution is -2.35. The Labute approximate surface area is 120 Å². The van der Waals surface area contributed by atoms with E-state index in [-0.39, 0.29) is 24.7 Å². The van der Waals surface area contributed by atoms with E-state index in [4.69, 9.17) is 4.74 Å². The van der Waals surface area contributed by atoms with Crippen LogP contribution in [-0.4, -0.2) is 30.9 Å². The molecule has 0 bridgehead atoms. The van der Waals surface area contributed by atoms with Gasteiger partial charge in [0, 0.05) is 12.8 Å². The van der Waals surface area contributed by atoms with Crippen molar-refractivity contribution in [1.82, 2.24) is 0 Å². The van der Waals surface area contributed by atoms with E-state index in [2.05, 4.69) is 11.7 Å². The highest BCUT2D eigenvalue weighted by molar-refractivity contribution is 6.04. The number of carbonyl (C=O) groups excluding carboxylic acids is 3. The normalized spacial score (nSPS) is 25.4. The number of hydrogen-bond acceptors (Lipinski definition) is 5. The fourth-order valence-electron chi connectivity index (χ4n) is 2.65. The number of rotatable bonds is 8. The molecule has 1 fully saturated rings. The summed E-state index contributed by atoms with van der Waals surface area (Å²) < 4.78 is 9.91. The predicted molar refractivity (Wildman–Crippen MR) is 73.0 cm³/mol. The van der Waals surface area contributed by atoms with Crippen LogP contribution in [0.1, 0.15) is 58.8 Å². The van der Waals surface area contributed by atoms with Crippen molar-refractivity contribution in [2.24, 2.45) is 5.41 Å². The Hall–Kier alpha value is -1.39. The molecular weight excluding hydrogens is 260 g/mol. The van der Waals surface area contributed by atoms with E-state index in [1.165, 1.54) is 14.0 Å².